The number of phenols is 1. The van der Waals surface area contributed by atoms with E-state index in [1.807, 2.05) is 36.4 Å². The van der Waals surface area contributed by atoms with Crippen molar-refractivity contribution in [2.24, 2.45) is 4.99 Å². The van der Waals surface area contributed by atoms with Gasteiger partial charge in [0.2, 0.25) is 0 Å². The van der Waals surface area contributed by atoms with Gasteiger partial charge in [0.1, 0.15) is 0 Å². The van der Waals surface area contributed by atoms with E-state index >= 15 is 0 Å². The summed E-state index contributed by atoms with van der Waals surface area (Å²) in [5.41, 5.74) is 2.59. The predicted octanol–water partition coefficient (Wildman–Crippen LogP) is 7.26. The molecule has 0 amide bonds. The van der Waals surface area contributed by atoms with Crippen molar-refractivity contribution in [2.45, 2.75) is 10.1 Å². The number of nitro groups is 1. The van der Waals surface area contributed by atoms with Crippen molar-refractivity contribution < 1.29 is 10.0 Å². The molecule has 0 atom stereocenters. The first kappa shape index (κ1) is 21.6. The van der Waals surface area contributed by atoms with Gasteiger partial charge in [0, 0.05) is 28.1 Å². The molecule has 1 N–H and O–H groups in total. The van der Waals surface area contributed by atoms with E-state index in [-0.39, 0.29) is 11.4 Å². The molecule has 4 aromatic rings. The van der Waals surface area contributed by atoms with Crippen molar-refractivity contribution in [3.63, 3.8) is 0 Å². The lowest BCUT2D eigenvalue weighted by Gasteiger charge is -2.04. The third-order valence-electron chi connectivity index (χ3n) is 4.31. The van der Waals surface area contributed by atoms with Gasteiger partial charge in [-0.05, 0) is 53.6 Å². The molecule has 0 aliphatic rings. The van der Waals surface area contributed by atoms with Crippen LogP contribution in [0.1, 0.15) is 11.1 Å². The molecule has 156 valence electrons. The summed E-state index contributed by atoms with van der Waals surface area (Å²) in [5, 5.41) is 21.8. The van der Waals surface area contributed by atoms with Crippen LogP contribution in [0.3, 0.4) is 0 Å². The van der Waals surface area contributed by atoms with Crippen molar-refractivity contribution in [3.8, 4) is 5.75 Å². The van der Waals surface area contributed by atoms with Gasteiger partial charge in [-0.2, -0.15) is 0 Å². The summed E-state index contributed by atoms with van der Waals surface area (Å²) in [7, 11) is 0. The maximum Gasteiger partial charge on any atom is 0.311 e. The summed E-state index contributed by atoms with van der Waals surface area (Å²) in [5.74, 6) is 0.236. The molecular formula is C21H13Cl2N3O3S2. The predicted molar refractivity (Wildman–Crippen MR) is 128 cm³/mol. The summed E-state index contributed by atoms with van der Waals surface area (Å²) in [4.78, 5) is 19.3. The number of hydrogen-bond donors (Lipinski definition) is 1. The molecule has 1 heterocycles. The lowest BCUT2D eigenvalue weighted by atomic mass is 10.2. The van der Waals surface area contributed by atoms with Crippen LogP contribution in [-0.4, -0.2) is 21.2 Å². The molecule has 0 radical (unpaired) electrons. The molecule has 10 heteroatoms. The smallest absolute Gasteiger partial charge is 0.311 e. The van der Waals surface area contributed by atoms with Crippen molar-refractivity contribution in [2.75, 3.05) is 0 Å². The Morgan fingerprint density at radius 1 is 1.16 bits per heavy atom. The number of fused-ring (bicyclic) bond motifs is 1. The quantitative estimate of drug-likeness (QED) is 0.133. The van der Waals surface area contributed by atoms with Gasteiger partial charge in [0.15, 0.2) is 10.1 Å². The molecule has 3 aromatic carbocycles. The van der Waals surface area contributed by atoms with Crippen molar-refractivity contribution in [3.05, 3.63) is 85.9 Å². The fraction of sp³-hybridized carbons (Fsp3) is 0.0476. The zero-order valence-electron chi connectivity index (χ0n) is 15.7. The number of thiazole rings is 1. The first-order valence-corrected chi connectivity index (χ1v) is 11.4. The number of hydrogen-bond acceptors (Lipinski definition) is 7. The van der Waals surface area contributed by atoms with Crippen LogP contribution in [0.4, 0.5) is 11.4 Å². The number of halogens is 2. The zero-order chi connectivity index (χ0) is 22.0. The zero-order valence-corrected chi connectivity index (χ0v) is 18.8. The molecule has 4 rings (SSSR count). The maximum atomic E-state index is 11.0. The number of rotatable bonds is 6. The minimum atomic E-state index is -0.634. The van der Waals surface area contributed by atoms with Crippen LogP contribution in [0.15, 0.2) is 63.9 Å². The first-order valence-electron chi connectivity index (χ1n) is 8.88. The number of thioether (sulfide) groups is 1. The monoisotopic (exact) mass is 489 g/mol. The molecule has 0 unspecified atom stereocenters. The van der Waals surface area contributed by atoms with Crippen molar-refractivity contribution in [1.29, 1.82) is 0 Å². The van der Waals surface area contributed by atoms with Gasteiger partial charge >= 0.3 is 5.69 Å². The van der Waals surface area contributed by atoms with E-state index < -0.39 is 4.92 Å². The largest absolute Gasteiger partial charge is 0.502 e. The molecule has 0 saturated heterocycles. The average Bonchev–Trinajstić information content (AvgIpc) is 3.14. The summed E-state index contributed by atoms with van der Waals surface area (Å²) >= 11 is 15.6. The van der Waals surface area contributed by atoms with Gasteiger partial charge in [-0.25, -0.2) is 4.98 Å². The van der Waals surface area contributed by atoms with E-state index in [4.69, 9.17) is 23.2 Å². The molecule has 0 spiro atoms. The second-order valence-corrected chi connectivity index (χ2v) is 9.45. The number of aromatic hydroxyl groups is 1. The standard InChI is InChI=1S/C21H13Cl2N3O3S2/c22-15-2-1-3-16(23)14(15)11-30-21-25-17-6-5-13(9-20(17)31-21)24-10-12-4-7-19(27)18(8-12)26(28)29/h1-10,27H,11H2. The van der Waals surface area contributed by atoms with Gasteiger partial charge in [-0.1, -0.05) is 41.0 Å². The van der Waals surface area contributed by atoms with E-state index in [0.717, 1.165) is 20.1 Å². The highest BCUT2D eigenvalue weighted by Gasteiger charge is 2.13. The van der Waals surface area contributed by atoms with Crippen LogP contribution in [-0.2, 0) is 5.75 Å². The molecule has 0 aliphatic heterocycles. The Morgan fingerprint density at radius 2 is 1.94 bits per heavy atom. The van der Waals surface area contributed by atoms with E-state index in [1.54, 1.807) is 29.2 Å². The molecule has 0 fully saturated rings. The van der Waals surface area contributed by atoms with Crippen LogP contribution in [0.2, 0.25) is 10.0 Å². The fourth-order valence-electron chi connectivity index (χ4n) is 2.75. The van der Waals surface area contributed by atoms with Crippen LogP contribution < -0.4 is 0 Å². The number of nitrogens with zero attached hydrogens (tertiary/aromatic N) is 3. The fourth-order valence-corrected chi connectivity index (χ4v) is 5.60. The second kappa shape index (κ2) is 9.23. The lowest BCUT2D eigenvalue weighted by Crippen LogP contribution is -1.90. The SMILES string of the molecule is O=[N+]([O-])c1cc(C=Nc2ccc3nc(SCc4c(Cl)cccc4Cl)sc3c2)ccc1O. The molecule has 6 nitrogen and oxygen atoms in total. The number of nitro benzene ring substituents is 1. The number of aromatic nitrogens is 1. The maximum absolute atomic E-state index is 11.0. The van der Waals surface area contributed by atoms with Crippen molar-refractivity contribution in [1.82, 2.24) is 4.98 Å². The van der Waals surface area contributed by atoms with Crippen molar-refractivity contribution >= 4 is 74.1 Å². The lowest BCUT2D eigenvalue weighted by molar-refractivity contribution is -0.385. The highest BCUT2D eigenvalue weighted by molar-refractivity contribution is 8.00. The highest BCUT2D eigenvalue weighted by atomic mass is 35.5. The van der Waals surface area contributed by atoms with E-state index in [2.05, 4.69) is 9.98 Å². The van der Waals surface area contributed by atoms with Gasteiger partial charge in [-0.3, -0.25) is 15.1 Å². The van der Waals surface area contributed by atoms with E-state index in [1.165, 1.54) is 18.3 Å². The molecule has 0 bridgehead atoms. The molecule has 0 saturated carbocycles. The number of phenolic OH excluding ortho intramolecular Hbond substituents is 1. The van der Waals surface area contributed by atoms with Gasteiger partial charge in [0.25, 0.3) is 0 Å². The summed E-state index contributed by atoms with van der Waals surface area (Å²) in [6, 6.07) is 15.2. The number of benzene rings is 3. The Labute approximate surface area is 195 Å². The minimum absolute atomic E-state index is 0.359. The third kappa shape index (κ3) is 4.99. The van der Waals surface area contributed by atoms with Crippen LogP contribution in [0.5, 0.6) is 5.75 Å². The Morgan fingerprint density at radius 3 is 2.68 bits per heavy atom. The summed E-state index contributed by atoms with van der Waals surface area (Å²) in [6.07, 6.45) is 1.52. The van der Waals surface area contributed by atoms with Crippen LogP contribution in [0, 0.1) is 10.1 Å². The van der Waals surface area contributed by atoms with Gasteiger partial charge < -0.3 is 5.11 Å². The number of aliphatic imine (C=N–C) groups is 1. The molecular weight excluding hydrogens is 477 g/mol. The highest BCUT2D eigenvalue weighted by Crippen LogP contribution is 2.36. The van der Waals surface area contributed by atoms with Gasteiger partial charge in [-0.15, -0.1) is 11.3 Å². The Bertz CT molecular complexity index is 1300. The molecule has 0 aliphatic carbocycles. The topological polar surface area (TPSA) is 88.6 Å². The van der Waals surface area contributed by atoms with Crippen LogP contribution >= 0.6 is 46.3 Å². The molecule has 31 heavy (non-hydrogen) atoms. The Kier molecular flexibility index (Phi) is 6.43. The van der Waals surface area contributed by atoms with E-state index in [9.17, 15) is 15.2 Å². The third-order valence-corrected chi connectivity index (χ3v) is 7.21. The average molecular weight is 490 g/mol. The summed E-state index contributed by atoms with van der Waals surface area (Å²) in [6.45, 7) is 0. The Balaban J connectivity index is 1.52. The van der Waals surface area contributed by atoms with E-state index in [0.29, 0.717) is 27.0 Å². The normalized spacial score (nSPS) is 11.4. The van der Waals surface area contributed by atoms with Gasteiger partial charge in [0.05, 0.1) is 20.8 Å². The molecule has 1 aromatic heterocycles. The second-order valence-electron chi connectivity index (χ2n) is 6.38. The summed E-state index contributed by atoms with van der Waals surface area (Å²) < 4.78 is 1.86. The van der Waals surface area contributed by atoms with Crippen LogP contribution in [0.25, 0.3) is 10.2 Å². The first-order chi connectivity index (χ1) is 14.9. The Hall–Kier alpha value is -2.65. The minimum Gasteiger partial charge on any atom is -0.502 e.